The van der Waals surface area contributed by atoms with Crippen LogP contribution in [-0.2, 0) is 19.3 Å². The molecule has 0 unspecified atom stereocenters. The van der Waals surface area contributed by atoms with E-state index in [0.717, 1.165) is 34.1 Å². The van der Waals surface area contributed by atoms with E-state index in [4.69, 9.17) is 17.5 Å². The van der Waals surface area contributed by atoms with Gasteiger partial charge in [-0.2, -0.15) is 5.90 Å². The summed E-state index contributed by atoms with van der Waals surface area (Å²) in [7, 11) is -4.12. The Labute approximate surface area is 209 Å². The van der Waals surface area contributed by atoms with Gasteiger partial charge in [0.25, 0.3) is 15.6 Å². The quantitative estimate of drug-likeness (QED) is 0.149. The van der Waals surface area contributed by atoms with Crippen molar-refractivity contribution >= 4 is 67.6 Å². The van der Waals surface area contributed by atoms with Gasteiger partial charge in [-0.3, -0.25) is 4.79 Å². The maximum absolute atomic E-state index is 13.0. The lowest BCUT2D eigenvalue weighted by Gasteiger charge is -2.09. The average molecular weight is 557 g/mol. The van der Waals surface area contributed by atoms with E-state index >= 15 is 0 Å². The maximum atomic E-state index is 13.0. The zero-order valence-electron chi connectivity index (χ0n) is 17.1. The molecule has 0 spiro atoms. The number of hydrogen-bond acceptors (Lipinski definition) is 11. The first-order valence-corrected chi connectivity index (χ1v) is 12.6. The summed E-state index contributed by atoms with van der Waals surface area (Å²) in [6.07, 6.45) is 1.15. The number of nitrogens with one attached hydrogen (secondary N) is 3. The van der Waals surface area contributed by atoms with Gasteiger partial charge in [-0.1, -0.05) is 11.6 Å². The molecule has 182 valence electrons. The number of pyridine rings is 1. The molecule has 13 nitrogen and oxygen atoms in total. The van der Waals surface area contributed by atoms with Gasteiger partial charge in [0, 0.05) is 4.90 Å². The third-order valence-corrected chi connectivity index (χ3v) is 7.96. The predicted molar refractivity (Wildman–Crippen MR) is 129 cm³/mol. The molecule has 0 atom stereocenters. The first-order chi connectivity index (χ1) is 16.7. The summed E-state index contributed by atoms with van der Waals surface area (Å²) in [5.41, 5.74) is -1.01. The molecule has 0 bridgehead atoms. The molecule has 4 aromatic rings. The first-order valence-electron chi connectivity index (χ1n) is 9.23. The second-order valence-electron chi connectivity index (χ2n) is 6.55. The number of carbonyl (C=O) groups is 1. The molecule has 35 heavy (non-hydrogen) atoms. The molecule has 0 fully saturated rings. The Bertz CT molecular complexity index is 1630. The summed E-state index contributed by atoms with van der Waals surface area (Å²) >= 11 is 7.28. The summed E-state index contributed by atoms with van der Waals surface area (Å²) in [6, 6.07) is 8.82. The molecule has 5 N–H and O–H groups in total. The van der Waals surface area contributed by atoms with Crippen LogP contribution in [0.2, 0.25) is 4.34 Å². The van der Waals surface area contributed by atoms with Gasteiger partial charge in [0.15, 0.2) is 0 Å². The van der Waals surface area contributed by atoms with Gasteiger partial charge in [0.05, 0.1) is 39.2 Å². The second kappa shape index (κ2) is 10.2. The Morgan fingerprint density at radius 3 is 2.66 bits per heavy atom. The number of nitrogens with zero attached hydrogens (tertiary/aromatic N) is 2. The fraction of sp³-hybridized carbons (Fsp3) is 0. The van der Waals surface area contributed by atoms with E-state index in [9.17, 15) is 22.8 Å². The minimum atomic E-state index is -4.12. The van der Waals surface area contributed by atoms with E-state index in [1.807, 2.05) is 4.72 Å². The molecular weight excluding hydrogens is 544 g/mol. The van der Waals surface area contributed by atoms with Crippen LogP contribution in [0.4, 0.5) is 10.5 Å². The highest BCUT2D eigenvalue weighted by molar-refractivity contribution is 7.94. The number of fused-ring (bicyclic) bond motifs is 1. The zero-order chi connectivity index (χ0) is 25.2. The molecule has 0 aliphatic carbocycles. The smallest absolute Gasteiger partial charge is 0.306 e. The van der Waals surface area contributed by atoms with Crippen molar-refractivity contribution in [3.05, 3.63) is 73.8 Å². The van der Waals surface area contributed by atoms with Gasteiger partial charge in [0.2, 0.25) is 0 Å². The van der Waals surface area contributed by atoms with Crippen LogP contribution in [0.5, 0.6) is 0 Å². The van der Waals surface area contributed by atoms with Crippen LogP contribution in [0.25, 0.3) is 16.7 Å². The van der Waals surface area contributed by atoms with E-state index in [-0.39, 0.29) is 31.0 Å². The van der Waals surface area contributed by atoms with Crippen LogP contribution < -0.4 is 27.2 Å². The summed E-state index contributed by atoms with van der Waals surface area (Å²) in [6.45, 7) is 0. The number of H-pyrrole nitrogens is 1. The second-order valence-corrected chi connectivity index (χ2v) is 10.9. The van der Waals surface area contributed by atoms with E-state index in [2.05, 4.69) is 24.6 Å². The van der Waals surface area contributed by atoms with Crippen LogP contribution in [-0.4, -0.2) is 29.0 Å². The van der Waals surface area contributed by atoms with Crippen LogP contribution in [0, 0.1) is 0 Å². The van der Waals surface area contributed by atoms with Crippen molar-refractivity contribution in [2.75, 3.05) is 5.32 Å². The molecule has 0 aliphatic heterocycles. The molecule has 2 amide bonds. The van der Waals surface area contributed by atoms with E-state index in [1.54, 1.807) is 6.07 Å². The van der Waals surface area contributed by atoms with Crippen LogP contribution in [0.15, 0.2) is 67.4 Å². The van der Waals surface area contributed by atoms with Crippen LogP contribution >= 0.6 is 35.0 Å². The highest BCUT2D eigenvalue weighted by Gasteiger charge is 2.20. The lowest BCUT2D eigenvalue weighted by atomic mass is 10.2. The number of carbonyl (C=O) groups excluding carboxylic acids is 1. The molecule has 3 heterocycles. The molecule has 0 radical (unpaired) electrons. The number of amides is 2. The lowest BCUT2D eigenvalue weighted by molar-refractivity contribution is -0.195. The van der Waals surface area contributed by atoms with Gasteiger partial charge in [0.1, 0.15) is 10.0 Å². The number of hydrogen-bond donors (Lipinski definition) is 4. The van der Waals surface area contributed by atoms with E-state index in [0.29, 0.717) is 4.90 Å². The first kappa shape index (κ1) is 24.9. The fourth-order valence-corrected chi connectivity index (χ4v) is 5.67. The number of aromatic amines is 1. The van der Waals surface area contributed by atoms with Crippen molar-refractivity contribution in [3.63, 3.8) is 0 Å². The van der Waals surface area contributed by atoms with Gasteiger partial charge in [-0.25, -0.2) is 32.3 Å². The molecule has 4 rings (SSSR count). The van der Waals surface area contributed by atoms with Gasteiger partial charge < -0.3 is 10.3 Å². The molecule has 0 saturated carbocycles. The Kier molecular flexibility index (Phi) is 7.22. The standard InChI is InChI=1S/C18H13ClN6O7S3/c19-13-4-6-15(33-13)35(29,30)24-17(27)22-9-1-5-14(21-8-9)25-16(26)11-7-10(34-32-31-20)2-3-12(11)23-18(25)28/h1-8H,20H2,(H,23,28)(H2,22,24,27). The lowest BCUT2D eigenvalue weighted by Crippen LogP contribution is -2.35. The average Bonchev–Trinajstić information content (AvgIpc) is 3.26. The number of benzene rings is 1. The van der Waals surface area contributed by atoms with E-state index < -0.39 is 27.3 Å². The maximum Gasteiger partial charge on any atom is 0.334 e. The Morgan fingerprint density at radius 1 is 1.20 bits per heavy atom. The van der Waals surface area contributed by atoms with Crippen LogP contribution in [0.3, 0.4) is 0 Å². The number of thiophene rings is 1. The van der Waals surface area contributed by atoms with Gasteiger partial charge in [-0.15, -0.1) is 20.7 Å². The molecular formula is C18H13ClN6O7S3. The van der Waals surface area contributed by atoms with Crippen molar-refractivity contribution in [2.24, 2.45) is 5.90 Å². The number of halogens is 1. The minimum Gasteiger partial charge on any atom is -0.306 e. The number of urea groups is 1. The van der Waals surface area contributed by atoms with Crippen molar-refractivity contribution in [1.29, 1.82) is 0 Å². The number of rotatable bonds is 7. The fourth-order valence-electron chi connectivity index (χ4n) is 2.88. The number of nitrogens with two attached hydrogens (primary N) is 1. The monoisotopic (exact) mass is 556 g/mol. The summed E-state index contributed by atoms with van der Waals surface area (Å²) < 4.78 is 31.8. The Balaban J connectivity index is 1.56. The normalized spacial score (nSPS) is 11.5. The van der Waals surface area contributed by atoms with E-state index in [1.165, 1.54) is 36.4 Å². The zero-order valence-corrected chi connectivity index (χ0v) is 20.3. The topological polar surface area (TPSA) is 188 Å². The largest absolute Gasteiger partial charge is 0.334 e. The van der Waals surface area contributed by atoms with Crippen molar-refractivity contribution < 1.29 is 22.5 Å². The Hall–Kier alpha value is -3.25. The molecule has 0 saturated heterocycles. The van der Waals surface area contributed by atoms with Crippen molar-refractivity contribution in [1.82, 2.24) is 19.3 Å². The number of anilines is 1. The summed E-state index contributed by atoms with van der Waals surface area (Å²) in [5, 5.41) is 2.47. The SMILES string of the molecule is NOOSc1ccc2[nH]c(=O)n(-c3ccc(NC(=O)NS(=O)(=O)c4ccc(Cl)s4)cn3)c(=O)c2c1. The van der Waals surface area contributed by atoms with Crippen LogP contribution in [0.1, 0.15) is 0 Å². The number of aromatic nitrogens is 3. The minimum absolute atomic E-state index is 0.0374. The highest BCUT2D eigenvalue weighted by atomic mass is 35.5. The van der Waals surface area contributed by atoms with Gasteiger partial charge >= 0.3 is 11.7 Å². The highest BCUT2D eigenvalue weighted by Crippen LogP contribution is 2.25. The van der Waals surface area contributed by atoms with Crippen molar-refractivity contribution in [3.8, 4) is 5.82 Å². The Morgan fingerprint density at radius 2 is 2.00 bits per heavy atom. The molecule has 3 aromatic heterocycles. The molecule has 1 aromatic carbocycles. The summed E-state index contributed by atoms with van der Waals surface area (Å²) in [5.74, 6) is 4.77. The number of sulfonamides is 1. The third-order valence-electron chi connectivity index (χ3n) is 4.31. The third kappa shape index (κ3) is 5.54. The predicted octanol–water partition coefficient (Wildman–Crippen LogP) is 2.13. The van der Waals surface area contributed by atoms with Gasteiger partial charge in [-0.05, 0) is 42.5 Å². The molecule has 17 heteroatoms. The molecule has 0 aliphatic rings. The van der Waals surface area contributed by atoms with Crippen molar-refractivity contribution in [2.45, 2.75) is 9.10 Å². The summed E-state index contributed by atoms with van der Waals surface area (Å²) in [4.78, 5) is 48.7.